The van der Waals surface area contributed by atoms with E-state index in [4.69, 9.17) is 0 Å². The number of hydrogen-bond donors (Lipinski definition) is 1. The Kier molecular flexibility index (Phi) is 4.14. The summed E-state index contributed by atoms with van der Waals surface area (Å²) in [4.78, 5) is 23.0. The first-order chi connectivity index (χ1) is 11.5. The molecule has 0 amide bonds. The first kappa shape index (κ1) is 15.9. The van der Waals surface area contributed by atoms with E-state index in [1.807, 2.05) is 24.3 Å². The van der Waals surface area contributed by atoms with Crippen molar-refractivity contribution in [2.75, 3.05) is 0 Å². The summed E-state index contributed by atoms with van der Waals surface area (Å²) < 4.78 is 1.60. The summed E-state index contributed by atoms with van der Waals surface area (Å²) in [6.07, 6.45) is 0.127. The van der Waals surface area contributed by atoms with Crippen molar-refractivity contribution < 1.29 is 14.8 Å². The van der Waals surface area contributed by atoms with Crippen LogP contribution in [0, 0.1) is 17.0 Å². The maximum atomic E-state index is 12.7. The van der Waals surface area contributed by atoms with Gasteiger partial charge in [0, 0.05) is 28.8 Å². The average molecular weight is 324 g/mol. The monoisotopic (exact) mass is 324 g/mol. The lowest BCUT2D eigenvalue weighted by Crippen LogP contribution is -2.15. The van der Waals surface area contributed by atoms with Gasteiger partial charge >= 0.3 is 0 Å². The van der Waals surface area contributed by atoms with Gasteiger partial charge < -0.3 is 5.11 Å². The average Bonchev–Trinajstić information content (AvgIpc) is 2.86. The molecule has 1 aromatic heterocycles. The number of fused-ring (bicyclic) bond motifs is 1. The van der Waals surface area contributed by atoms with E-state index in [0.29, 0.717) is 11.3 Å². The number of rotatable bonds is 4. The zero-order chi connectivity index (χ0) is 17.3. The normalized spacial score (nSPS) is 10.9. The van der Waals surface area contributed by atoms with Crippen LogP contribution in [0.5, 0.6) is 0 Å². The number of non-ortho nitro benzene ring substituents is 1. The highest BCUT2D eigenvalue weighted by molar-refractivity contribution is 5.96. The van der Waals surface area contributed by atoms with Crippen molar-refractivity contribution in [1.29, 1.82) is 0 Å². The van der Waals surface area contributed by atoms with Crippen LogP contribution in [0.4, 0.5) is 5.69 Å². The smallest absolute Gasteiger partial charge is 0.269 e. The zero-order valence-corrected chi connectivity index (χ0v) is 13.1. The van der Waals surface area contributed by atoms with E-state index in [1.165, 1.54) is 12.1 Å². The quantitative estimate of drug-likeness (QED) is 0.590. The van der Waals surface area contributed by atoms with Crippen LogP contribution in [0.3, 0.4) is 0 Å². The summed E-state index contributed by atoms with van der Waals surface area (Å²) in [6.45, 7) is 1.67. The first-order valence-corrected chi connectivity index (χ1v) is 7.49. The fourth-order valence-electron chi connectivity index (χ4n) is 2.94. The Hall–Kier alpha value is -2.99. The number of benzene rings is 2. The minimum Gasteiger partial charge on any atom is -0.392 e. The van der Waals surface area contributed by atoms with Crippen LogP contribution in [-0.2, 0) is 13.0 Å². The Labute approximate surface area is 138 Å². The molecule has 0 atom stereocenters. The second-order valence-electron chi connectivity index (χ2n) is 5.57. The maximum Gasteiger partial charge on any atom is 0.269 e. The molecule has 1 N–H and O–H groups in total. The first-order valence-electron chi connectivity index (χ1n) is 7.49. The molecule has 0 aliphatic carbocycles. The largest absolute Gasteiger partial charge is 0.392 e. The van der Waals surface area contributed by atoms with Gasteiger partial charge in [-0.15, -0.1) is 0 Å². The number of nitrogens with zero attached hydrogens (tertiary/aromatic N) is 2. The molecule has 0 saturated heterocycles. The third-order valence-electron chi connectivity index (χ3n) is 4.15. The van der Waals surface area contributed by atoms with Crippen molar-refractivity contribution >= 4 is 22.5 Å². The predicted octanol–water partition coefficient (Wildman–Crippen LogP) is 3.23. The molecule has 0 aliphatic rings. The predicted molar refractivity (Wildman–Crippen MR) is 90.0 cm³/mol. The molecule has 122 valence electrons. The number of nitro groups is 1. The number of carbonyl (C=O) groups excluding carboxylic acids is 1. The molecule has 2 aromatic carbocycles. The number of aliphatic hydroxyl groups excluding tert-OH is 1. The highest BCUT2D eigenvalue weighted by Crippen LogP contribution is 2.26. The molecule has 0 radical (unpaired) electrons. The van der Waals surface area contributed by atoms with Gasteiger partial charge in [-0.05, 0) is 18.6 Å². The minimum atomic E-state index is -0.470. The summed E-state index contributed by atoms with van der Waals surface area (Å²) in [5.41, 5.74) is 2.91. The van der Waals surface area contributed by atoms with Crippen molar-refractivity contribution in [1.82, 2.24) is 4.57 Å². The van der Waals surface area contributed by atoms with Gasteiger partial charge in [0.2, 0.25) is 5.91 Å². The van der Waals surface area contributed by atoms with Crippen LogP contribution in [0.15, 0.2) is 48.5 Å². The molecule has 0 fully saturated rings. The highest BCUT2D eigenvalue weighted by atomic mass is 16.6. The molecule has 6 nitrogen and oxygen atoms in total. The van der Waals surface area contributed by atoms with E-state index in [2.05, 4.69) is 0 Å². The van der Waals surface area contributed by atoms with Crippen LogP contribution in [0.1, 0.15) is 21.6 Å². The number of aromatic nitrogens is 1. The van der Waals surface area contributed by atoms with Crippen molar-refractivity contribution in [3.05, 3.63) is 75.5 Å². The number of aliphatic hydroxyl groups is 1. The summed E-state index contributed by atoms with van der Waals surface area (Å²) in [5, 5.41) is 21.1. The zero-order valence-electron chi connectivity index (χ0n) is 13.1. The second kappa shape index (κ2) is 6.25. The Morgan fingerprint density at radius 1 is 1.17 bits per heavy atom. The highest BCUT2D eigenvalue weighted by Gasteiger charge is 2.18. The Morgan fingerprint density at radius 2 is 1.83 bits per heavy atom. The summed E-state index contributed by atoms with van der Waals surface area (Å²) in [7, 11) is 0. The van der Waals surface area contributed by atoms with Gasteiger partial charge in [-0.3, -0.25) is 19.5 Å². The van der Waals surface area contributed by atoms with E-state index >= 15 is 0 Å². The van der Waals surface area contributed by atoms with Gasteiger partial charge in [-0.1, -0.05) is 30.3 Å². The molecule has 0 saturated carbocycles. The standard InChI is InChI=1S/C18H16N2O4/c1-12-16(11-21)15-4-2-3-5-17(15)19(12)18(22)10-13-6-8-14(9-7-13)20(23)24/h2-9,21H,10-11H2,1H3. The van der Waals surface area contributed by atoms with Gasteiger partial charge in [0.15, 0.2) is 0 Å². The number of hydrogen-bond acceptors (Lipinski definition) is 4. The van der Waals surface area contributed by atoms with Gasteiger partial charge in [-0.2, -0.15) is 0 Å². The third-order valence-corrected chi connectivity index (χ3v) is 4.15. The summed E-state index contributed by atoms with van der Waals surface area (Å²) in [6, 6.07) is 13.4. The van der Waals surface area contributed by atoms with Gasteiger partial charge in [0.1, 0.15) is 0 Å². The molecular weight excluding hydrogens is 308 g/mol. The summed E-state index contributed by atoms with van der Waals surface area (Å²) in [5.74, 6) is -0.141. The molecule has 0 spiro atoms. The van der Waals surface area contributed by atoms with Crippen LogP contribution in [-0.4, -0.2) is 20.5 Å². The van der Waals surface area contributed by atoms with Crippen LogP contribution in [0.2, 0.25) is 0 Å². The van der Waals surface area contributed by atoms with Crippen molar-refractivity contribution in [2.45, 2.75) is 20.0 Å². The molecule has 0 aliphatic heterocycles. The van der Waals surface area contributed by atoms with Crippen molar-refractivity contribution in [2.24, 2.45) is 0 Å². The van der Waals surface area contributed by atoms with Gasteiger partial charge in [-0.25, -0.2) is 0 Å². The van der Waals surface area contributed by atoms with E-state index < -0.39 is 4.92 Å². The van der Waals surface area contributed by atoms with Gasteiger partial charge in [0.25, 0.3) is 5.69 Å². The van der Waals surface area contributed by atoms with E-state index in [0.717, 1.165) is 16.5 Å². The number of carbonyl (C=O) groups is 1. The third kappa shape index (κ3) is 2.68. The van der Waals surface area contributed by atoms with Crippen molar-refractivity contribution in [3.8, 4) is 0 Å². The molecule has 3 aromatic rings. The van der Waals surface area contributed by atoms with E-state index in [1.54, 1.807) is 23.6 Å². The molecule has 6 heteroatoms. The minimum absolute atomic E-state index is 0.00337. The SMILES string of the molecule is Cc1c(CO)c2ccccc2n1C(=O)Cc1ccc([N+](=O)[O-])cc1. The van der Waals surface area contributed by atoms with E-state index in [9.17, 15) is 20.0 Å². The van der Waals surface area contributed by atoms with E-state index in [-0.39, 0.29) is 24.6 Å². The number of para-hydroxylation sites is 1. The molecule has 0 unspecified atom stereocenters. The lowest BCUT2D eigenvalue weighted by molar-refractivity contribution is -0.384. The van der Waals surface area contributed by atoms with Crippen LogP contribution in [0.25, 0.3) is 10.9 Å². The van der Waals surface area contributed by atoms with Crippen molar-refractivity contribution in [3.63, 3.8) is 0 Å². The maximum absolute atomic E-state index is 12.7. The van der Waals surface area contributed by atoms with Crippen LogP contribution < -0.4 is 0 Å². The Bertz CT molecular complexity index is 926. The second-order valence-corrected chi connectivity index (χ2v) is 5.57. The molecule has 24 heavy (non-hydrogen) atoms. The molecular formula is C18H16N2O4. The lowest BCUT2D eigenvalue weighted by Gasteiger charge is -2.07. The Morgan fingerprint density at radius 3 is 2.46 bits per heavy atom. The topological polar surface area (TPSA) is 85.4 Å². The van der Waals surface area contributed by atoms with Gasteiger partial charge in [0.05, 0.1) is 23.5 Å². The molecule has 3 rings (SSSR count). The molecule has 0 bridgehead atoms. The fourth-order valence-corrected chi connectivity index (χ4v) is 2.94. The van der Waals surface area contributed by atoms with Crippen LogP contribution >= 0.6 is 0 Å². The Balaban J connectivity index is 1.97. The fraction of sp³-hybridized carbons (Fsp3) is 0.167. The number of nitro benzene ring substituents is 1. The molecule has 1 heterocycles. The lowest BCUT2D eigenvalue weighted by atomic mass is 10.1. The summed E-state index contributed by atoms with van der Waals surface area (Å²) >= 11 is 0.